The van der Waals surface area contributed by atoms with E-state index in [1.165, 1.54) is 0 Å². The summed E-state index contributed by atoms with van der Waals surface area (Å²) in [7, 11) is 0. The maximum absolute atomic E-state index is 13.8. The SMILES string of the molecule is Nc1nccc2c1n(-c1ccc(Oc3ccccc3)cc1)c(=O)n2[C@H]1CCCN(C(=O)CCO)C1. The molecule has 2 aromatic heterocycles. The molecule has 180 valence electrons. The number of likely N-dealkylation sites (tertiary alicyclic amines) is 1. The van der Waals surface area contributed by atoms with Crippen molar-refractivity contribution in [2.24, 2.45) is 0 Å². The Labute approximate surface area is 202 Å². The molecular formula is C26H27N5O4. The van der Waals surface area contributed by atoms with Crippen molar-refractivity contribution in [2.75, 3.05) is 25.4 Å². The zero-order valence-corrected chi connectivity index (χ0v) is 19.2. The number of aliphatic hydroxyl groups excluding tert-OH is 1. The lowest BCUT2D eigenvalue weighted by atomic mass is 10.0. The van der Waals surface area contributed by atoms with Crippen LogP contribution in [0.4, 0.5) is 5.82 Å². The summed E-state index contributed by atoms with van der Waals surface area (Å²) < 4.78 is 9.17. The number of nitrogen functional groups attached to an aromatic ring is 1. The molecule has 1 amide bonds. The molecule has 5 rings (SSSR count). The lowest BCUT2D eigenvalue weighted by molar-refractivity contribution is -0.133. The van der Waals surface area contributed by atoms with E-state index in [4.69, 9.17) is 15.6 Å². The number of aliphatic hydroxyl groups is 1. The zero-order chi connectivity index (χ0) is 24.4. The van der Waals surface area contributed by atoms with Gasteiger partial charge in [-0.1, -0.05) is 18.2 Å². The van der Waals surface area contributed by atoms with Crippen molar-refractivity contribution < 1.29 is 14.6 Å². The van der Waals surface area contributed by atoms with Gasteiger partial charge >= 0.3 is 5.69 Å². The molecule has 0 saturated carbocycles. The first kappa shape index (κ1) is 22.7. The van der Waals surface area contributed by atoms with Crippen LogP contribution in [0, 0.1) is 0 Å². The number of benzene rings is 2. The van der Waals surface area contributed by atoms with E-state index in [0.29, 0.717) is 35.6 Å². The van der Waals surface area contributed by atoms with E-state index in [1.807, 2.05) is 42.5 Å². The van der Waals surface area contributed by atoms with E-state index < -0.39 is 0 Å². The molecule has 35 heavy (non-hydrogen) atoms. The minimum atomic E-state index is -0.238. The largest absolute Gasteiger partial charge is 0.457 e. The molecule has 0 spiro atoms. The molecule has 4 aromatic rings. The number of anilines is 1. The normalized spacial score (nSPS) is 15.9. The van der Waals surface area contributed by atoms with E-state index in [9.17, 15) is 9.59 Å². The van der Waals surface area contributed by atoms with Gasteiger partial charge < -0.3 is 20.5 Å². The third-order valence-corrected chi connectivity index (χ3v) is 6.33. The highest BCUT2D eigenvalue weighted by molar-refractivity contribution is 5.87. The van der Waals surface area contributed by atoms with E-state index in [2.05, 4.69) is 4.98 Å². The summed E-state index contributed by atoms with van der Waals surface area (Å²) in [5.74, 6) is 1.52. The van der Waals surface area contributed by atoms with E-state index in [-0.39, 0.29) is 36.5 Å². The monoisotopic (exact) mass is 473 g/mol. The number of fused-ring (bicyclic) bond motifs is 1. The number of hydrogen-bond acceptors (Lipinski definition) is 6. The fourth-order valence-corrected chi connectivity index (χ4v) is 4.72. The smallest absolute Gasteiger partial charge is 0.334 e. The van der Waals surface area contributed by atoms with Crippen LogP contribution in [0.25, 0.3) is 16.7 Å². The molecule has 1 saturated heterocycles. The van der Waals surface area contributed by atoms with Crippen LogP contribution in [0.5, 0.6) is 11.5 Å². The Morgan fingerprint density at radius 1 is 1.09 bits per heavy atom. The summed E-state index contributed by atoms with van der Waals surface area (Å²) in [6, 6.07) is 18.3. The van der Waals surface area contributed by atoms with E-state index in [0.717, 1.165) is 18.6 Å². The summed E-state index contributed by atoms with van der Waals surface area (Å²) in [5, 5.41) is 9.16. The maximum atomic E-state index is 13.8. The van der Waals surface area contributed by atoms with Crippen LogP contribution in [-0.4, -0.2) is 49.7 Å². The van der Waals surface area contributed by atoms with Gasteiger partial charge in [0.15, 0.2) is 0 Å². The average molecular weight is 474 g/mol. The van der Waals surface area contributed by atoms with Gasteiger partial charge in [0, 0.05) is 25.7 Å². The lowest BCUT2D eigenvalue weighted by Gasteiger charge is -2.33. The first-order chi connectivity index (χ1) is 17.1. The highest BCUT2D eigenvalue weighted by atomic mass is 16.5. The molecule has 0 bridgehead atoms. The van der Waals surface area contributed by atoms with Crippen LogP contribution >= 0.6 is 0 Å². The Hall–Kier alpha value is -4.11. The molecule has 1 aliphatic rings. The molecular weight excluding hydrogens is 446 g/mol. The predicted molar refractivity (Wildman–Crippen MR) is 133 cm³/mol. The second kappa shape index (κ2) is 9.63. The van der Waals surface area contributed by atoms with E-state index in [1.54, 1.807) is 38.4 Å². The van der Waals surface area contributed by atoms with Crippen LogP contribution in [0.2, 0.25) is 0 Å². The van der Waals surface area contributed by atoms with Gasteiger partial charge in [-0.05, 0) is 55.3 Å². The molecule has 9 nitrogen and oxygen atoms in total. The molecule has 1 fully saturated rings. The third-order valence-electron chi connectivity index (χ3n) is 6.33. The third kappa shape index (κ3) is 4.38. The van der Waals surface area contributed by atoms with Gasteiger partial charge in [-0.3, -0.25) is 13.9 Å². The van der Waals surface area contributed by atoms with Crippen LogP contribution in [-0.2, 0) is 4.79 Å². The summed E-state index contributed by atoms with van der Waals surface area (Å²) in [5.41, 5.74) is 7.87. The standard InChI is InChI=1S/C26H27N5O4/c27-25-24-22(12-14-28-25)30(19-5-4-15-29(17-19)23(33)13-16-32)26(34)31(24)18-8-10-21(11-9-18)35-20-6-2-1-3-7-20/h1-3,6-12,14,19,32H,4-5,13,15-17H2,(H2,27,28)/t19-/m0/s1. The fraction of sp³-hybridized carbons (Fsp3) is 0.269. The number of piperidine rings is 1. The van der Waals surface area contributed by atoms with Gasteiger partial charge in [-0.25, -0.2) is 9.78 Å². The number of pyridine rings is 1. The summed E-state index contributed by atoms with van der Waals surface area (Å²) in [6.45, 7) is 0.838. The Morgan fingerprint density at radius 2 is 1.83 bits per heavy atom. The first-order valence-corrected chi connectivity index (χ1v) is 11.7. The Balaban J connectivity index is 1.53. The van der Waals surface area contributed by atoms with Gasteiger partial charge in [0.1, 0.15) is 22.8 Å². The van der Waals surface area contributed by atoms with Crippen LogP contribution in [0.1, 0.15) is 25.3 Å². The molecule has 3 N–H and O–H groups in total. The second-order valence-corrected chi connectivity index (χ2v) is 8.57. The lowest BCUT2D eigenvalue weighted by Crippen LogP contribution is -2.43. The number of carbonyl (C=O) groups excluding carboxylic acids is 1. The van der Waals surface area contributed by atoms with Crippen molar-refractivity contribution in [2.45, 2.75) is 25.3 Å². The molecule has 0 radical (unpaired) electrons. The number of imidazole rings is 1. The number of hydrogen-bond donors (Lipinski definition) is 2. The number of rotatable bonds is 6. The minimum absolute atomic E-state index is 0.0810. The summed E-state index contributed by atoms with van der Waals surface area (Å²) in [4.78, 5) is 32.1. The quantitative estimate of drug-likeness (QED) is 0.445. The fourth-order valence-electron chi connectivity index (χ4n) is 4.72. The molecule has 1 atom stereocenters. The molecule has 2 aromatic carbocycles. The summed E-state index contributed by atoms with van der Waals surface area (Å²) in [6.07, 6.45) is 3.20. The number of carbonyl (C=O) groups is 1. The van der Waals surface area contributed by atoms with Gasteiger partial charge in [-0.15, -0.1) is 0 Å². The predicted octanol–water partition coefficient (Wildman–Crippen LogP) is 3.11. The van der Waals surface area contributed by atoms with E-state index >= 15 is 0 Å². The zero-order valence-electron chi connectivity index (χ0n) is 19.2. The van der Waals surface area contributed by atoms with Crippen LogP contribution < -0.4 is 16.2 Å². The second-order valence-electron chi connectivity index (χ2n) is 8.57. The van der Waals surface area contributed by atoms with Gasteiger partial charge in [0.25, 0.3) is 0 Å². The van der Waals surface area contributed by atoms with Crippen molar-refractivity contribution in [1.29, 1.82) is 0 Å². The first-order valence-electron chi connectivity index (χ1n) is 11.7. The van der Waals surface area contributed by atoms with Gasteiger partial charge in [0.2, 0.25) is 5.91 Å². The van der Waals surface area contributed by atoms with Crippen molar-refractivity contribution in [1.82, 2.24) is 19.0 Å². The molecule has 1 aliphatic heterocycles. The number of nitrogens with zero attached hydrogens (tertiary/aromatic N) is 4. The molecule has 9 heteroatoms. The average Bonchev–Trinajstić information content (AvgIpc) is 3.18. The van der Waals surface area contributed by atoms with Crippen LogP contribution in [0.3, 0.4) is 0 Å². The highest BCUT2D eigenvalue weighted by Crippen LogP contribution is 2.29. The van der Waals surface area contributed by atoms with Gasteiger partial charge in [-0.2, -0.15) is 0 Å². The van der Waals surface area contributed by atoms with Crippen molar-refractivity contribution >= 4 is 22.8 Å². The summed E-state index contributed by atoms with van der Waals surface area (Å²) >= 11 is 0. The Bertz CT molecular complexity index is 1400. The highest BCUT2D eigenvalue weighted by Gasteiger charge is 2.29. The molecule has 0 aliphatic carbocycles. The molecule has 3 heterocycles. The number of para-hydroxylation sites is 1. The number of aromatic nitrogens is 3. The van der Waals surface area contributed by atoms with Crippen molar-refractivity contribution in [3.63, 3.8) is 0 Å². The number of ether oxygens (including phenoxy) is 1. The van der Waals surface area contributed by atoms with Gasteiger partial charge in [0.05, 0.1) is 23.9 Å². The number of nitrogens with two attached hydrogens (primary N) is 1. The Kier molecular flexibility index (Phi) is 6.24. The van der Waals surface area contributed by atoms with Crippen molar-refractivity contribution in [3.8, 4) is 17.2 Å². The van der Waals surface area contributed by atoms with Crippen molar-refractivity contribution in [3.05, 3.63) is 77.3 Å². The minimum Gasteiger partial charge on any atom is -0.457 e. The van der Waals surface area contributed by atoms with Crippen LogP contribution in [0.15, 0.2) is 71.7 Å². The Morgan fingerprint density at radius 3 is 2.57 bits per heavy atom. The maximum Gasteiger partial charge on any atom is 0.334 e. The molecule has 0 unspecified atom stereocenters. The number of amides is 1. The topological polar surface area (TPSA) is 116 Å².